The first kappa shape index (κ1) is 18.8. The van der Waals surface area contributed by atoms with Crippen molar-refractivity contribution in [1.29, 1.82) is 5.26 Å². The van der Waals surface area contributed by atoms with Gasteiger partial charge >= 0.3 is 7.12 Å². The average Bonchev–Trinajstić information content (AvgIpc) is 2.60. The van der Waals surface area contributed by atoms with Gasteiger partial charge in [-0.1, -0.05) is 32.0 Å². The molecular weight excluding hydrogens is 317 g/mol. The SMILES string of the molecule is COc1ccc(CC(C)(C)COc2ccc(B(O)O)cc2C#N)cc1. The molecule has 2 rings (SSSR count). The maximum Gasteiger partial charge on any atom is 0.488 e. The highest BCUT2D eigenvalue weighted by Crippen LogP contribution is 2.26. The van der Waals surface area contributed by atoms with Gasteiger partial charge in [0.15, 0.2) is 0 Å². The van der Waals surface area contributed by atoms with Gasteiger partial charge in [0.2, 0.25) is 0 Å². The molecule has 6 heteroatoms. The van der Waals surface area contributed by atoms with E-state index in [0.29, 0.717) is 12.4 Å². The third kappa shape index (κ3) is 5.25. The van der Waals surface area contributed by atoms with E-state index in [9.17, 15) is 15.3 Å². The summed E-state index contributed by atoms with van der Waals surface area (Å²) < 4.78 is 11.0. The highest BCUT2D eigenvalue weighted by Gasteiger charge is 2.21. The number of hydrogen-bond donors (Lipinski definition) is 2. The molecule has 25 heavy (non-hydrogen) atoms. The van der Waals surface area contributed by atoms with Crippen LogP contribution in [-0.4, -0.2) is 30.9 Å². The van der Waals surface area contributed by atoms with Gasteiger partial charge in [0.1, 0.15) is 17.6 Å². The fourth-order valence-electron chi connectivity index (χ4n) is 2.54. The van der Waals surface area contributed by atoms with E-state index in [1.165, 1.54) is 17.7 Å². The van der Waals surface area contributed by atoms with E-state index in [-0.39, 0.29) is 16.4 Å². The Balaban J connectivity index is 2.04. The average molecular weight is 339 g/mol. The molecule has 0 saturated heterocycles. The zero-order valence-electron chi connectivity index (χ0n) is 14.7. The van der Waals surface area contributed by atoms with Crippen molar-refractivity contribution in [1.82, 2.24) is 0 Å². The molecule has 130 valence electrons. The van der Waals surface area contributed by atoms with Crippen molar-refractivity contribution in [2.24, 2.45) is 5.41 Å². The fraction of sp³-hybridized carbons (Fsp3) is 0.316. The second-order valence-corrected chi connectivity index (χ2v) is 6.72. The molecule has 0 aliphatic carbocycles. The van der Waals surface area contributed by atoms with Gasteiger partial charge < -0.3 is 19.5 Å². The molecule has 0 heterocycles. The molecule has 5 nitrogen and oxygen atoms in total. The minimum Gasteiger partial charge on any atom is -0.497 e. The Bertz CT molecular complexity index is 751. The first-order valence-electron chi connectivity index (χ1n) is 8.00. The number of ether oxygens (including phenoxy) is 2. The van der Waals surface area contributed by atoms with E-state index in [2.05, 4.69) is 13.8 Å². The van der Waals surface area contributed by atoms with Gasteiger partial charge in [0, 0.05) is 5.41 Å². The van der Waals surface area contributed by atoms with Crippen LogP contribution >= 0.6 is 0 Å². The van der Waals surface area contributed by atoms with Gasteiger partial charge in [-0.15, -0.1) is 0 Å². The molecule has 2 aromatic carbocycles. The molecule has 2 N–H and O–H groups in total. The monoisotopic (exact) mass is 339 g/mol. The van der Waals surface area contributed by atoms with E-state index in [1.54, 1.807) is 13.2 Å². The van der Waals surface area contributed by atoms with Crippen molar-refractivity contribution in [3.05, 3.63) is 53.6 Å². The molecule has 0 aliphatic rings. The van der Waals surface area contributed by atoms with Gasteiger partial charge in [-0.2, -0.15) is 5.26 Å². The van der Waals surface area contributed by atoms with Crippen LogP contribution < -0.4 is 14.9 Å². The van der Waals surface area contributed by atoms with Crippen LogP contribution in [0.3, 0.4) is 0 Å². The number of nitriles is 1. The van der Waals surface area contributed by atoms with E-state index < -0.39 is 7.12 Å². The molecule has 0 atom stereocenters. The number of hydrogen-bond acceptors (Lipinski definition) is 5. The molecule has 0 amide bonds. The van der Waals surface area contributed by atoms with Crippen LogP contribution in [0, 0.1) is 16.7 Å². The highest BCUT2D eigenvalue weighted by molar-refractivity contribution is 6.58. The third-order valence-electron chi connectivity index (χ3n) is 3.88. The van der Waals surface area contributed by atoms with Gasteiger partial charge in [-0.25, -0.2) is 0 Å². The Morgan fingerprint density at radius 2 is 1.80 bits per heavy atom. The topological polar surface area (TPSA) is 82.7 Å². The predicted octanol–water partition coefficient (Wildman–Crippen LogP) is 1.89. The van der Waals surface area contributed by atoms with Crippen LogP contribution in [0.4, 0.5) is 0 Å². The zero-order chi connectivity index (χ0) is 18.4. The third-order valence-corrected chi connectivity index (χ3v) is 3.88. The summed E-state index contributed by atoms with van der Waals surface area (Å²) in [5.41, 5.74) is 1.58. The minimum absolute atomic E-state index is 0.142. The molecule has 0 spiro atoms. The smallest absolute Gasteiger partial charge is 0.488 e. The minimum atomic E-state index is -1.60. The predicted molar refractivity (Wildman–Crippen MR) is 97.0 cm³/mol. The summed E-state index contributed by atoms with van der Waals surface area (Å²) in [6, 6.07) is 14.5. The van der Waals surface area contributed by atoms with E-state index >= 15 is 0 Å². The largest absolute Gasteiger partial charge is 0.497 e. The zero-order valence-corrected chi connectivity index (χ0v) is 14.7. The normalized spacial score (nSPS) is 10.9. The molecule has 0 aromatic heterocycles. The van der Waals surface area contributed by atoms with Crippen LogP contribution in [0.1, 0.15) is 25.0 Å². The molecule has 0 radical (unpaired) electrons. The first-order chi connectivity index (χ1) is 11.8. The number of benzene rings is 2. The van der Waals surface area contributed by atoms with E-state index in [4.69, 9.17) is 9.47 Å². The Morgan fingerprint density at radius 1 is 1.12 bits per heavy atom. The van der Waals surface area contributed by atoms with Crippen LogP contribution in [0.5, 0.6) is 11.5 Å². The standard InChI is InChI=1S/C19H22BNO4/c1-19(2,11-14-4-7-17(24-3)8-5-14)13-25-18-9-6-16(20(22)23)10-15(18)12-21/h4-10,22-23H,11,13H2,1-3H3. The van der Waals surface area contributed by atoms with E-state index in [0.717, 1.165) is 12.2 Å². The van der Waals surface area contributed by atoms with E-state index in [1.807, 2.05) is 30.3 Å². The van der Waals surface area contributed by atoms with Crippen molar-refractivity contribution >= 4 is 12.6 Å². The first-order valence-corrected chi connectivity index (χ1v) is 8.00. The number of rotatable bonds is 7. The Morgan fingerprint density at radius 3 is 2.36 bits per heavy atom. The lowest BCUT2D eigenvalue weighted by molar-refractivity contribution is 0.179. The summed E-state index contributed by atoms with van der Waals surface area (Å²) in [4.78, 5) is 0. The van der Waals surface area contributed by atoms with Crippen LogP contribution in [0.15, 0.2) is 42.5 Å². The summed E-state index contributed by atoms with van der Waals surface area (Å²) in [6.07, 6.45) is 0.812. The summed E-state index contributed by atoms with van der Waals surface area (Å²) in [6.45, 7) is 4.61. The van der Waals surface area contributed by atoms with Crippen molar-refractivity contribution in [2.45, 2.75) is 20.3 Å². The molecule has 0 aliphatic heterocycles. The second kappa shape index (κ2) is 8.06. The molecule has 2 aromatic rings. The maximum absolute atomic E-state index is 9.23. The van der Waals surface area contributed by atoms with Crippen LogP contribution in [-0.2, 0) is 6.42 Å². The molecular formula is C19H22BNO4. The second-order valence-electron chi connectivity index (χ2n) is 6.72. The lowest BCUT2D eigenvalue weighted by atomic mass is 9.79. The molecule has 0 bridgehead atoms. The highest BCUT2D eigenvalue weighted by atomic mass is 16.5. The summed E-state index contributed by atoms with van der Waals surface area (Å²) >= 11 is 0. The van der Waals surface area contributed by atoms with Crippen molar-refractivity contribution in [3.8, 4) is 17.6 Å². The Hall–Kier alpha value is -2.49. The molecule has 0 unspecified atom stereocenters. The summed E-state index contributed by atoms with van der Waals surface area (Å²) in [5, 5.41) is 27.6. The summed E-state index contributed by atoms with van der Waals surface area (Å²) in [7, 11) is 0.0355. The Labute approximate surface area is 148 Å². The lowest BCUT2D eigenvalue weighted by Crippen LogP contribution is -2.30. The Kier molecular flexibility index (Phi) is 6.08. The van der Waals surface area contributed by atoms with Gasteiger partial charge in [-0.05, 0) is 41.7 Å². The maximum atomic E-state index is 9.23. The number of methoxy groups -OCH3 is 1. The van der Waals surface area contributed by atoms with Gasteiger partial charge in [0.05, 0.1) is 19.3 Å². The van der Waals surface area contributed by atoms with Crippen LogP contribution in [0.2, 0.25) is 0 Å². The van der Waals surface area contributed by atoms with Crippen molar-refractivity contribution in [3.63, 3.8) is 0 Å². The quantitative estimate of drug-likeness (QED) is 0.753. The van der Waals surface area contributed by atoms with Crippen molar-refractivity contribution in [2.75, 3.05) is 13.7 Å². The molecule has 0 fully saturated rings. The van der Waals surface area contributed by atoms with Gasteiger partial charge in [-0.3, -0.25) is 0 Å². The summed E-state index contributed by atoms with van der Waals surface area (Å²) in [5.74, 6) is 1.26. The lowest BCUT2D eigenvalue weighted by Gasteiger charge is -2.25. The molecule has 0 saturated carbocycles. The fourth-order valence-corrected chi connectivity index (χ4v) is 2.54. The van der Waals surface area contributed by atoms with Crippen LogP contribution in [0.25, 0.3) is 0 Å². The van der Waals surface area contributed by atoms with Crippen molar-refractivity contribution < 1.29 is 19.5 Å². The number of nitrogens with zero attached hydrogens (tertiary/aromatic N) is 1. The van der Waals surface area contributed by atoms with Gasteiger partial charge in [0.25, 0.3) is 0 Å².